The van der Waals surface area contributed by atoms with Crippen molar-refractivity contribution >= 4 is 23.9 Å². The molecule has 0 fully saturated rings. The highest BCUT2D eigenvalue weighted by molar-refractivity contribution is 5.93. The molecule has 1 aromatic carbocycles. The van der Waals surface area contributed by atoms with Gasteiger partial charge in [0.05, 0.1) is 7.11 Å². The van der Waals surface area contributed by atoms with E-state index >= 15 is 0 Å². The van der Waals surface area contributed by atoms with Crippen LogP contribution in [0.2, 0.25) is 0 Å². The van der Waals surface area contributed by atoms with E-state index < -0.39 is 35.7 Å². The first-order valence-electron chi connectivity index (χ1n) is 13.6. The van der Waals surface area contributed by atoms with Gasteiger partial charge in [-0.1, -0.05) is 76.3 Å². The van der Waals surface area contributed by atoms with E-state index in [1.54, 1.807) is 26.8 Å². The second kappa shape index (κ2) is 16.0. The molecular weight excluding hydrogens is 486 g/mol. The Labute approximate surface area is 228 Å². The third kappa shape index (κ3) is 11.1. The summed E-state index contributed by atoms with van der Waals surface area (Å²) in [5.41, 5.74) is 0.818. The van der Waals surface area contributed by atoms with Gasteiger partial charge in [-0.25, -0.2) is 4.79 Å². The lowest BCUT2D eigenvalue weighted by Crippen LogP contribution is -2.55. The largest absolute Gasteiger partial charge is 0.468 e. The summed E-state index contributed by atoms with van der Waals surface area (Å²) >= 11 is 0. The standard InChI is InChI=1S/C29H47N3O6/c1-9-11-12-13-17-32(27(35)24(21(4)10-2)31-28(36)38-29(5,6)7)25(22-16-14-15-20(3)18-22)26(34)30-19-23(33)37-8/h14-16,18,21,24-25H,9-13,17,19H2,1-8H3,(H,30,34)(H,31,36). The minimum absolute atomic E-state index is 0.218. The maximum atomic E-state index is 14.2. The van der Waals surface area contributed by atoms with Crippen LogP contribution in [0.4, 0.5) is 4.79 Å². The number of carbonyl (C=O) groups excluding carboxylic acids is 4. The minimum atomic E-state index is -0.999. The van der Waals surface area contributed by atoms with Crippen LogP contribution in [0.5, 0.6) is 0 Å². The smallest absolute Gasteiger partial charge is 0.408 e. The van der Waals surface area contributed by atoms with Crippen molar-refractivity contribution in [1.29, 1.82) is 0 Å². The van der Waals surface area contributed by atoms with Gasteiger partial charge in [0, 0.05) is 6.54 Å². The van der Waals surface area contributed by atoms with E-state index in [0.29, 0.717) is 24.9 Å². The molecule has 9 nitrogen and oxygen atoms in total. The number of nitrogens with one attached hydrogen (secondary N) is 2. The average Bonchev–Trinajstić information content (AvgIpc) is 2.85. The highest BCUT2D eigenvalue weighted by atomic mass is 16.6. The molecule has 0 heterocycles. The van der Waals surface area contributed by atoms with Gasteiger partial charge in [-0.05, 0) is 45.6 Å². The van der Waals surface area contributed by atoms with Gasteiger partial charge in [0.15, 0.2) is 0 Å². The Morgan fingerprint density at radius 1 is 1.05 bits per heavy atom. The molecule has 3 amide bonds. The fourth-order valence-corrected chi connectivity index (χ4v) is 4.01. The highest BCUT2D eigenvalue weighted by Crippen LogP contribution is 2.26. The Bertz CT molecular complexity index is 927. The second-order valence-corrected chi connectivity index (χ2v) is 10.7. The number of methoxy groups -OCH3 is 1. The number of hydrogen-bond acceptors (Lipinski definition) is 6. The van der Waals surface area contributed by atoms with Crippen molar-refractivity contribution in [3.8, 4) is 0 Å². The lowest BCUT2D eigenvalue weighted by molar-refractivity contribution is -0.145. The Kier molecular flexibility index (Phi) is 13.9. The molecule has 3 unspecified atom stereocenters. The molecule has 3 atom stereocenters. The van der Waals surface area contributed by atoms with Gasteiger partial charge in [0.2, 0.25) is 11.8 Å². The number of unbranched alkanes of at least 4 members (excludes halogenated alkanes) is 3. The van der Waals surface area contributed by atoms with Crippen LogP contribution in [0, 0.1) is 12.8 Å². The molecule has 1 aromatic rings. The number of amides is 3. The molecule has 1 rings (SSSR count). The van der Waals surface area contributed by atoms with Crippen molar-refractivity contribution in [2.45, 2.75) is 98.3 Å². The van der Waals surface area contributed by atoms with E-state index in [9.17, 15) is 19.2 Å². The van der Waals surface area contributed by atoms with Crippen molar-refractivity contribution < 1.29 is 28.7 Å². The predicted octanol–water partition coefficient (Wildman–Crippen LogP) is 4.67. The van der Waals surface area contributed by atoms with Gasteiger partial charge >= 0.3 is 12.1 Å². The van der Waals surface area contributed by atoms with Crippen molar-refractivity contribution in [1.82, 2.24) is 15.5 Å². The summed E-state index contributed by atoms with van der Waals surface area (Å²) in [4.78, 5) is 53.8. The van der Waals surface area contributed by atoms with Crippen molar-refractivity contribution in [2.75, 3.05) is 20.2 Å². The monoisotopic (exact) mass is 533 g/mol. The van der Waals surface area contributed by atoms with E-state index in [1.165, 1.54) is 12.0 Å². The SMILES string of the molecule is CCCCCCN(C(=O)C(NC(=O)OC(C)(C)C)C(C)CC)C(C(=O)NCC(=O)OC)c1cccc(C)c1. The third-order valence-corrected chi connectivity index (χ3v) is 6.24. The molecule has 0 radical (unpaired) electrons. The average molecular weight is 534 g/mol. The molecule has 214 valence electrons. The Balaban J connectivity index is 3.51. The van der Waals surface area contributed by atoms with Crippen molar-refractivity contribution in [3.05, 3.63) is 35.4 Å². The molecule has 0 aliphatic carbocycles. The van der Waals surface area contributed by atoms with Crippen molar-refractivity contribution in [3.63, 3.8) is 0 Å². The van der Waals surface area contributed by atoms with E-state index in [2.05, 4.69) is 22.3 Å². The molecular formula is C29H47N3O6. The number of benzene rings is 1. The zero-order chi connectivity index (χ0) is 28.9. The Morgan fingerprint density at radius 3 is 2.29 bits per heavy atom. The summed E-state index contributed by atoms with van der Waals surface area (Å²) in [6.45, 7) is 13.1. The van der Waals surface area contributed by atoms with Crippen molar-refractivity contribution in [2.24, 2.45) is 5.92 Å². The maximum Gasteiger partial charge on any atom is 0.408 e. The lowest BCUT2D eigenvalue weighted by atomic mass is 9.95. The van der Waals surface area contributed by atoms with E-state index in [0.717, 1.165) is 24.8 Å². The number of hydrogen-bond donors (Lipinski definition) is 2. The van der Waals surface area contributed by atoms with E-state index in [1.807, 2.05) is 39.0 Å². The number of esters is 1. The quantitative estimate of drug-likeness (QED) is 0.265. The summed E-state index contributed by atoms with van der Waals surface area (Å²) in [5.74, 6) is -1.68. The number of ether oxygens (including phenoxy) is 2. The molecule has 9 heteroatoms. The first-order chi connectivity index (χ1) is 17.8. The van der Waals surface area contributed by atoms with Crippen LogP contribution >= 0.6 is 0 Å². The predicted molar refractivity (Wildman–Crippen MR) is 147 cm³/mol. The summed E-state index contributed by atoms with van der Waals surface area (Å²) in [7, 11) is 1.25. The molecule has 0 saturated heterocycles. The number of nitrogens with zero attached hydrogens (tertiary/aromatic N) is 1. The molecule has 0 saturated carbocycles. The zero-order valence-corrected chi connectivity index (χ0v) is 24.4. The van der Waals surface area contributed by atoms with E-state index in [4.69, 9.17) is 4.74 Å². The first kappa shape index (κ1) is 32.9. The van der Waals surface area contributed by atoms with Crippen LogP contribution in [-0.2, 0) is 23.9 Å². The molecule has 0 aromatic heterocycles. The number of rotatable bonds is 14. The molecule has 0 aliphatic rings. The van der Waals surface area contributed by atoms with Gasteiger partial charge in [-0.15, -0.1) is 0 Å². The fourth-order valence-electron chi connectivity index (χ4n) is 4.01. The van der Waals surface area contributed by atoms with Gasteiger partial charge in [-0.3, -0.25) is 14.4 Å². The number of carbonyl (C=O) groups is 4. The van der Waals surface area contributed by atoms with Gasteiger partial charge in [-0.2, -0.15) is 0 Å². The number of aryl methyl sites for hydroxylation is 1. The normalized spacial score (nSPS) is 13.6. The van der Waals surface area contributed by atoms with Crippen LogP contribution in [-0.4, -0.2) is 60.6 Å². The van der Waals surface area contributed by atoms with E-state index in [-0.39, 0.29) is 18.4 Å². The third-order valence-electron chi connectivity index (χ3n) is 6.24. The molecule has 38 heavy (non-hydrogen) atoms. The zero-order valence-electron chi connectivity index (χ0n) is 24.4. The van der Waals surface area contributed by atoms with Crippen LogP contribution in [0.15, 0.2) is 24.3 Å². The van der Waals surface area contributed by atoms with Crippen LogP contribution in [0.25, 0.3) is 0 Å². The molecule has 0 spiro atoms. The van der Waals surface area contributed by atoms with Crippen LogP contribution in [0.1, 0.15) is 90.8 Å². The van der Waals surface area contributed by atoms with Gasteiger partial charge in [0.25, 0.3) is 0 Å². The van der Waals surface area contributed by atoms with Crippen LogP contribution < -0.4 is 10.6 Å². The summed E-state index contributed by atoms with van der Waals surface area (Å²) in [6.07, 6.45) is 3.52. The Morgan fingerprint density at radius 2 is 1.74 bits per heavy atom. The molecule has 0 aliphatic heterocycles. The summed E-state index contributed by atoms with van der Waals surface area (Å²) in [6, 6.07) is 5.49. The Hall–Kier alpha value is -3.10. The molecule has 2 N–H and O–H groups in total. The number of alkyl carbamates (subject to hydrolysis) is 1. The van der Waals surface area contributed by atoms with Gasteiger partial charge in [0.1, 0.15) is 24.2 Å². The second-order valence-electron chi connectivity index (χ2n) is 10.7. The fraction of sp³-hybridized carbons (Fsp3) is 0.655. The molecule has 0 bridgehead atoms. The minimum Gasteiger partial charge on any atom is -0.468 e. The summed E-state index contributed by atoms with van der Waals surface area (Å²) in [5, 5.41) is 5.39. The summed E-state index contributed by atoms with van der Waals surface area (Å²) < 4.78 is 10.1. The topological polar surface area (TPSA) is 114 Å². The van der Waals surface area contributed by atoms with Crippen LogP contribution in [0.3, 0.4) is 0 Å². The first-order valence-corrected chi connectivity index (χ1v) is 13.6. The van der Waals surface area contributed by atoms with Gasteiger partial charge < -0.3 is 25.0 Å². The lowest BCUT2D eigenvalue weighted by Gasteiger charge is -2.36. The highest BCUT2D eigenvalue weighted by Gasteiger charge is 2.38. The maximum absolute atomic E-state index is 14.2.